The maximum atomic E-state index is 13.0. The van der Waals surface area contributed by atoms with Crippen molar-refractivity contribution in [1.29, 1.82) is 0 Å². The molecule has 45 heavy (non-hydrogen) atoms. The average Bonchev–Trinajstić information content (AvgIpc) is 3.07. The first-order valence-corrected chi connectivity index (χ1v) is 14.5. The van der Waals surface area contributed by atoms with Gasteiger partial charge in [-0.2, -0.15) is 0 Å². The van der Waals surface area contributed by atoms with Crippen LogP contribution in [0.1, 0.15) is 37.4 Å². The molecule has 0 heterocycles. The van der Waals surface area contributed by atoms with E-state index < -0.39 is 6.79 Å². The molecular formula is C36H32O7SY. The number of hydrogen-bond donors (Lipinski definition) is 2. The molecule has 0 aliphatic heterocycles. The molecule has 2 N–H and O–H groups in total. The zero-order valence-electron chi connectivity index (χ0n) is 24.9. The summed E-state index contributed by atoms with van der Waals surface area (Å²) in [6.45, 7) is 1.46. The molecule has 0 atom stereocenters. The number of aliphatic hydroxyl groups is 2. The van der Waals surface area contributed by atoms with Crippen LogP contribution in [0.25, 0.3) is 0 Å². The van der Waals surface area contributed by atoms with Crippen molar-refractivity contribution in [3.8, 4) is 17.2 Å². The van der Waals surface area contributed by atoms with E-state index in [1.54, 1.807) is 84.6 Å². The van der Waals surface area contributed by atoms with Gasteiger partial charge < -0.3 is 24.4 Å². The first kappa shape index (κ1) is 35.8. The first-order valence-electron chi connectivity index (χ1n) is 13.7. The van der Waals surface area contributed by atoms with Gasteiger partial charge in [-0.15, -0.1) is 0 Å². The molecule has 0 saturated heterocycles. The molecule has 227 valence electrons. The van der Waals surface area contributed by atoms with Crippen LogP contribution in [0.3, 0.4) is 0 Å². The summed E-state index contributed by atoms with van der Waals surface area (Å²) in [5.41, 5.74) is 3.20. The van der Waals surface area contributed by atoms with Crippen molar-refractivity contribution in [2.24, 2.45) is 0 Å². The van der Waals surface area contributed by atoms with Gasteiger partial charge in [0.15, 0.2) is 18.4 Å². The fourth-order valence-electron chi connectivity index (χ4n) is 4.01. The Labute approximate surface area is 292 Å². The Bertz CT molecular complexity index is 1640. The van der Waals surface area contributed by atoms with Crippen LogP contribution in [0.5, 0.6) is 17.2 Å². The molecule has 0 aliphatic carbocycles. The summed E-state index contributed by atoms with van der Waals surface area (Å²) in [6, 6.07) is 36.4. The van der Waals surface area contributed by atoms with Crippen LogP contribution in [-0.2, 0) is 37.4 Å². The van der Waals surface area contributed by atoms with E-state index in [4.69, 9.17) is 19.7 Å². The van der Waals surface area contributed by atoms with E-state index >= 15 is 0 Å². The predicted octanol–water partition coefficient (Wildman–Crippen LogP) is 7.31. The molecule has 0 aromatic heterocycles. The summed E-state index contributed by atoms with van der Waals surface area (Å²) in [5.74, 6) is 1.50. The number of ether oxygens (including phenoxy) is 3. The number of carbonyl (C=O) groups is 2. The molecule has 0 saturated carbocycles. The van der Waals surface area contributed by atoms with Gasteiger partial charge in [-0.1, -0.05) is 53.7 Å². The van der Waals surface area contributed by atoms with Gasteiger partial charge in [0.1, 0.15) is 24.0 Å². The van der Waals surface area contributed by atoms with Gasteiger partial charge in [-0.25, -0.2) is 0 Å². The van der Waals surface area contributed by atoms with Crippen molar-refractivity contribution in [2.45, 2.75) is 16.7 Å². The van der Waals surface area contributed by atoms with Gasteiger partial charge in [0.05, 0.1) is 0 Å². The monoisotopic (exact) mass is 697 g/mol. The molecule has 5 aromatic carbocycles. The number of rotatable bonds is 11. The zero-order valence-corrected chi connectivity index (χ0v) is 28.5. The molecular weight excluding hydrogens is 665 g/mol. The summed E-state index contributed by atoms with van der Waals surface area (Å²) in [5, 5.41) is 16.5. The third-order valence-electron chi connectivity index (χ3n) is 6.32. The second-order valence-electron chi connectivity index (χ2n) is 9.46. The smallest absolute Gasteiger partial charge is 0.193 e. The van der Waals surface area contributed by atoms with Gasteiger partial charge in [-0.3, -0.25) is 9.59 Å². The standard InChI is InChI=1S/C34H26O5S.C2H6O2.Y/c1-23-2-18-31(19-3-23)40-32-20-16-30(17-21-32)39-29-14-10-27(11-15-29)34(37)25-6-4-24(5-7-25)33(36)26-8-12-28(13-9-26)38-22-35;1-4-2-3;/h2-21,35H,22H2,1H3;3H,2H2,1H3;. The Balaban J connectivity index is 0.00000104. The van der Waals surface area contributed by atoms with E-state index in [1.807, 2.05) is 24.3 Å². The van der Waals surface area contributed by atoms with Gasteiger partial charge in [-0.05, 0) is 91.9 Å². The maximum Gasteiger partial charge on any atom is 0.193 e. The van der Waals surface area contributed by atoms with Gasteiger partial charge in [0, 0.05) is 71.9 Å². The molecule has 0 bridgehead atoms. The van der Waals surface area contributed by atoms with Crippen LogP contribution in [0.4, 0.5) is 0 Å². The second-order valence-corrected chi connectivity index (χ2v) is 10.6. The van der Waals surface area contributed by atoms with Crippen molar-refractivity contribution < 1.29 is 66.7 Å². The molecule has 1 radical (unpaired) electrons. The van der Waals surface area contributed by atoms with Crippen molar-refractivity contribution in [3.05, 3.63) is 149 Å². The topological polar surface area (TPSA) is 102 Å². The molecule has 7 nitrogen and oxygen atoms in total. The minimum atomic E-state index is -0.430. The number of hydrogen-bond acceptors (Lipinski definition) is 8. The number of aryl methyl sites for hydroxylation is 1. The number of benzene rings is 5. The molecule has 9 heteroatoms. The van der Waals surface area contributed by atoms with Crippen LogP contribution in [0, 0.1) is 6.92 Å². The van der Waals surface area contributed by atoms with E-state index in [0.29, 0.717) is 39.5 Å². The normalized spacial score (nSPS) is 10.1. The zero-order chi connectivity index (χ0) is 31.3. The maximum absolute atomic E-state index is 13.0. The summed E-state index contributed by atoms with van der Waals surface area (Å²) in [7, 11) is 1.43. The van der Waals surface area contributed by atoms with E-state index in [9.17, 15) is 9.59 Å². The van der Waals surface area contributed by atoms with Crippen molar-refractivity contribution in [3.63, 3.8) is 0 Å². The second kappa shape index (κ2) is 18.4. The predicted molar refractivity (Wildman–Crippen MR) is 170 cm³/mol. The minimum absolute atomic E-state index is 0. The van der Waals surface area contributed by atoms with Crippen molar-refractivity contribution in [2.75, 3.05) is 20.7 Å². The third-order valence-corrected chi connectivity index (χ3v) is 7.33. The molecule has 0 amide bonds. The van der Waals surface area contributed by atoms with Crippen LogP contribution in [-0.4, -0.2) is 42.5 Å². The molecule has 0 spiro atoms. The molecule has 0 aliphatic rings. The summed E-state index contributed by atoms with van der Waals surface area (Å²) in [6.07, 6.45) is 0. The SMILES string of the molecule is COCO.Cc1ccc(Sc2ccc(Oc3ccc(C(=O)c4ccc(C(=O)c5ccc(OCO)cc5)cc4)cc3)cc2)cc1.[Y]. The quantitative estimate of drug-likeness (QED) is 0.110. The molecule has 0 fully saturated rings. The summed E-state index contributed by atoms with van der Waals surface area (Å²) in [4.78, 5) is 28.1. The first-order chi connectivity index (χ1) is 21.4. The average molecular weight is 698 g/mol. The van der Waals surface area contributed by atoms with Crippen LogP contribution in [0.2, 0.25) is 0 Å². The summed E-state index contributed by atoms with van der Waals surface area (Å²) < 4.78 is 15.1. The fraction of sp³-hybridized carbons (Fsp3) is 0.111. The summed E-state index contributed by atoms with van der Waals surface area (Å²) >= 11 is 1.69. The van der Waals surface area contributed by atoms with Crippen LogP contribution >= 0.6 is 11.8 Å². The Hall–Kier alpha value is -3.63. The number of methoxy groups -OCH3 is 1. The van der Waals surface area contributed by atoms with E-state index in [1.165, 1.54) is 17.6 Å². The number of carbonyl (C=O) groups excluding carboxylic acids is 2. The van der Waals surface area contributed by atoms with Crippen LogP contribution in [0.15, 0.2) is 131 Å². The minimum Gasteiger partial charge on any atom is -0.468 e. The number of ketones is 2. The number of aliphatic hydroxyl groups excluding tert-OH is 2. The largest absolute Gasteiger partial charge is 0.468 e. The Morgan fingerprint density at radius 2 is 0.889 bits per heavy atom. The van der Waals surface area contributed by atoms with Crippen LogP contribution < -0.4 is 9.47 Å². The Morgan fingerprint density at radius 1 is 0.556 bits per heavy atom. The van der Waals surface area contributed by atoms with E-state index in [2.05, 4.69) is 35.9 Å². The Morgan fingerprint density at radius 3 is 1.27 bits per heavy atom. The van der Waals surface area contributed by atoms with Gasteiger partial charge in [0.25, 0.3) is 0 Å². The van der Waals surface area contributed by atoms with Crippen molar-refractivity contribution in [1.82, 2.24) is 0 Å². The van der Waals surface area contributed by atoms with E-state index in [-0.39, 0.29) is 51.1 Å². The molecule has 0 unspecified atom stereocenters. The third kappa shape index (κ3) is 10.7. The fourth-order valence-corrected chi connectivity index (χ4v) is 4.83. The van der Waals surface area contributed by atoms with Crippen molar-refractivity contribution >= 4 is 23.3 Å². The molecule has 5 rings (SSSR count). The molecule has 5 aromatic rings. The van der Waals surface area contributed by atoms with E-state index in [0.717, 1.165) is 4.90 Å². The Kier molecular flexibility index (Phi) is 14.6. The van der Waals surface area contributed by atoms with Gasteiger partial charge >= 0.3 is 0 Å². The van der Waals surface area contributed by atoms with Gasteiger partial charge in [0.2, 0.25) is 0 Å².